The van der Waals surface area contributed by atoms with E-state index in [9.17, 15) is 9.59 Å². The lowest BCUT2D eigenvalue weighted by Gasteiger charge is -2.37. The summed E-state index contributed by atoms with van der Waals surface area (Å²) < 4.78 is 11.3. The van der Waals surface area contributed by atoms with Crippen LogP contribution < -0.4 is 10.1 Å². The zero-order valence-electron chi connectivity index (χ0n) is 23.8. The molecule has 40 heavy (non-hydrogen) atoms. The highest BCUT2D eigenvalue weighted by Crippen LogP contribution is 2.44. The Kier molecular flexibility index (Phi) is 7.97. The van der Waals surface area contributed by atoms with Gasteiger partial charge in [-0.05, 0) is 64.6 Å². The predicted molar refractivity (Wildman–Crippen MR) is 157 cm³/mol. The minimum atomic E-state index is -0.383. The van der Waals surface area contributed by atoms with Crippen LogP contribution in [-0.4, -0.2) is 36.1 Å². The molecule has 2 aliphatic heterocycles. The van der Waals surface area contributed by atoms with Gasteiger partial charge >= 0.3 is 12.0 Å². The summed E-state index contributed by atoms with van der Waals surface area (Å²) in [5.41, 5.74) is 5.91. The highest BCUT2D eigenvalue weighted by atomic mass is 16.5. The average Bonchev–Trinajstić information content (AvgIpc) is 3.28. The first-order valence-corrected chi connectivity index (χ1v) is 14.0. The third-order valence-corrected chi connectivity index (χ3v) is 7.93. The van der Waals surface area contributed by atoms with Crippen LogP contribution in [0.2, 0.25) is 0 Å². The van der Waals surface area contributed by atoms with Gasteiger partial charge in [0, 0.05) is 12.6 Å². The van der Waals surface area contributed by atoms with E-state index in [0.717, 1.165) is 40.9 Å². The summed E-state index contributed by atoms with van der Waals surface area (Å²) in [7, 11) is 1.40. The van der Waals surface area contributed by atoms with E-state index in [4.69, 9.17) is 9.47 Å². The molecule has 1 saturated heterocycles. The van der Waals surface area contributed by atoms with Crippen LogP contribution >= 0.6 is 0 Å². The number of ether oxygens (including phenoxy) is 2. The largest absolute Gasteiger partial charge is 0.489 e. The number of methoxy groups -OCH3 is 1. The number of carbonyl (C=O) groups excluding carboxylic acids is 2. The topological polar surface area (TPSA) is 67.9 Å². The monoisotopic (exact) mass is 538 g/mol. The molecule has 0 aliphatic carbocycles. The molecule has 0 unspecified atom stereocenters. The molecule has 2 heterocycles. The van der Waals surface area contributed by atoms with Crippen LogP contribution in [0.5, 0.6) is 5.75 Å². The first-order valence-electron chi connectivity index (χ1n) is 14.0. The fourth-order valence-corrected chi connectivity index (χ4v) is 5.77. The number of esters is 1. The van der Waals surface area contributed by atoms with Gasteiger partial charge in [0.15, 0.2) is 0 Å². The van der Waals surface area contributed by atoms with Crippen LogP contribution in [0.3, 0.4) is 0 Å². The van der Waals surface area contributed by atoms with Gasteiger partial charge in [-0.2, -0.15) is 0 Å². The second-order valence-corrected chi connectivity index (χ2v) is 11.6. The molecule has 0 spiro atoms. The third kappa shape index (κ3) is 5.91. The lowest BCUT2D eigenvalue weighted by molar-refractivity contribution is -0.136. The van der Waals surface area contributed by atoms with Gasteiger partial charge in [0.05, 0.1) is 18.7 Å². The Balaban J connectivity index is 1.34. The fraction of sp³-hybridized carbons (Fsp3) is 0.353. The Morgan fingerprint density at radius 2 is 1.68 bits per heavy atom. The number of rotatable bonds is 7. The van der Waals surface area contributed by atoms with Crippen molar-refractivity contribution in [1.29, 1.82) is 0 Å². The zero-order valence-corrected chi connectivity index (χ0v) is 23.8. The van der Waals surface area contributed by atoms with Crippen molar-refractivity contribution in [3.8, 4) is 5.75 Å². The molecule has 1 fully saturated rings. The van der Waals surface area contributed by atoms with Crippen molar-refractivity contribution in [2.75, 3.05) is 7.11 Å². The van der Waals surface area contributed by atoms with Crippen molar-refractivity contribution in [3.05, 3.63) is 107 Å². The van der Waals surface area contributed by atoms with Crippen LogP contribution in [0.4, 0.5) is 4.79 Å². The second kappa shape index (κ2) is 11.6. The van der Waals surface area contributed by atoms with Gasteiger partial charge in [-0.15, -0.1) is 0 Å². The Hall–Kier alpha value is -4.06. The normalized spacial score (nSPS) is 18.4. The highest BCUT2D eigenvalue weighted by Gasteiger charge is 2.46. The quantitative estimate of drug-likeness (QED) is 0.343. The molecule has 208 valence electrons. The molecule has 2 amide bonds. The van der Waals surface area contributed by atoms with Crippen LogP contribution in [0, 0.1) is 0 Å². The van der Waals surface area contributed by atoms with E-state index in [1.54, 1.807) is 0 Å². The van der Waals surface area contributed by atoms with E-state index in [2.05, 4.69) is 50.4 Å². The molecule has 5 rings (SSSR count). The minimum Gasteiger partial charge on any atom is -0.489 e. The van der Waals surface area contributed by atoms with E-state index in [1.165, 1.54) is 12.7 Å². The lowest BCUT2D eigenvalue weighted by Crippen LogP contribution is -2.50. The van der Waals surface area contributed by atoms with E-state index in [-0.39, 0.29) is 29.5 Å². The average molecular weight is 539 g/mol. The van der Waals surface area contributed by atoms with Gasteiger partial charge < -0.3 is 19.7 Å². The molecular formula is C34H38N2O4. The smallest absolute Gasteiger partial charge is 0.336 e. The van der Waals surface area contributed by atoms with Crippen molar-refractivity contribution < 1.29 is 19.1 Å². The van der Waals surface area contributed by atoms with Gasteiger partial charge in [0.1, 0.15) is 12.4 Å². The summed E-state index contributed by atoms with van der Waals surface area (Å²) in [5.74, 6) is 0.356. The van der Waals surface area contributed by atoms with Crippen molar-refractivity contribution in [2.45, 2.75) is 70.7 Å². The lowest BCUT2D eigenvalue weighted by atomic mass is 9.87. The second-order valence-electron chi connectivity index (χ2n) is 11.6. The van der Waals surface area contributed by atoms with Gasteiger partial charge in [-0.1, -0.05) is 87.5 Å². The van der Waals surface area contributed by atoms with Gasteiger partial charge in [-0.3, -0.25) is 0 Å². The van der Waals surface area contributed by atoms with Crippen LogP contribution in [0.1, 0.15) is 62.3 Å². The maximum atomic E-state index is 13.5. The Morgan fingerprint density at radius 1 is 0.925 bits per heavy atom. The summed E-state index contributed by atoms with van der Waals surface area (Å²) in [6.45, 7) is 7.45. The van der Waals surface area contributed by atoms with E-state index in [1.807, 2.05) is 59.5 Å². The Bertz CT molecular complexity index is 1390. The van der Waals surface area contributed by atoms with E-state index in [0.29, 0.717) is 25.1 Å². The molecule has 2 bridgehead atoms. The summed E-state index contributed by atoms with van der Waals surface area (Å²) >= 11 is 0. The number of nitrogens with one attached hydrogen (secondary N) is 1. The third-order valence-electron chi connectivity index (χ3n) is 7.93. The molecule has 0 aromatic heterocycles. The van der Waals surface area contributed by atoms with Gasteiger partial charge in [0.2, 0.25) is 0 Å². The number of hydrogen-bond acceptors (Lipinski definition) is 4. The molecule has 3 aromatic carbocycles. The van der Waals surface area contributed by atoms with Crippen molar-refractivity contribution in [3.63, 3.8) is 0 Å². The molecule has 0 radical (unpaired) electrons. The van der Waals surface area contributed by atoms with E-state index >= 15 is 0 Å². The molecule has 1 N–H and O–H groups in total. The maximum Gasteiger partial charge on any atom is 0.336 e. The molecule has 6 heteroatoms. The summed E-state index contributed by atoms with van der Waals surface area (Å²) in [5, 5.41) is 3.09. The van der Waals surface area contributed by atoms with Crippen molar-refractivity contribution in [1.82, 2.24) is 10.2 Å². The SMILES string of the molecule is COC(=O)C1=C(c2cccc(OCc3ccccc3)c2)C[C@@H]2CC[C@H]1N2C(=O)NCc1ccc(C(C)(C)C)cc1. The molecule has 2 atom stereocenters. The fourth-order valence-electron chi connectivity index (χ4n) is 5.77. The van der Waals surface area contributed by atoms with Gasteiger partial charge in [0.25, 0.3) is 0 Å². The van der Waals surface area contributed by atoms with Crippen molar-refractivity contribution in [2.24, 2.45) is 0 Å². The molecule has 0 saturated carbocycles. The molecule has 3 aromatic rings. The van der Waals surface area contributed by atoms with E-state index < -0.39 is 0 Å². The molecular weight excluding hydrogens is 500 g/mol. The Morgan fingerprint density at radius 3 is 2.38 bits per heavy atom. The number of nitrogens with zero attached hydrogens (tertiary/aromatic N) is 1. The Labute approximate surface area is 237 Å². The number of amides is 2. The summed E-state index contributed by atoms with van der Waals surface area (Å²) in [4.78, 5) is 28.4. The highest BCUT2D eigenvalue weighted by molar-refractivity contribution is 6.01. The standard InChI is InChI=1S/C34H38N2O4/c1-34(2,3)26-15-13-23(14-16-26)21-35-33(38)36-27-17-18-30(36)31(32(37)39-4)29(20-27)25-11-8-12-28(19-25)40-22-24-9-6-5-7-10-24/h5-16,19,27,30H,17-18,20-22H2,1-4H3,(H,35,38)/t27-,30+/m0/s1. The molecule has 2 aliphatic rings. The van der Waals surface area contributed by atoms with Crippen molar-refractivity contribution >= 4 is 17.6 Å². The molecule has 6 nitrogen and oxygen atoms in total. The number of benzene rings is 3. The first kappa shape index (κ1) is 27.5. The maximum absolute atomic E-state index is 13.5. The predicted octanol–water partition coefficient (Wildman–Crippen LogP) is 6.64. The minimum absolute atomic E-state index is 0.0190. The first-order chi connectivity index (χ1) is 19.2. The number of urea groups is 1. The number of hydrogen-bond donors (Lipinski definition) is 1. The zero-order chi connectivity index (χ0) is 28.3. The van der Waals surface area contributed by atoms with Gasteiger partial charge in [-0.25, -0.2) is 9.59 Å². The van der Waals surface area contributed by atoms with Crippen LogP contribution in [0.25, 0.3) is 5.57 Å². The summed E-state index contributed by atoms with van der Waals surface area (Å²) in [6.07, 6.45) is 2.17. The summed E-state index contributed by atoms with van der Waals surface area (Å²) in [6, 6.07) is 25.8. The van der Waals surface area contributed by atoms with Crippen LogP contribution in [0.15, 0.2) is 84.4 Å². The van der Waals surface area contributed by atoms with Crippen LogP contribution in [-0.2, 0) is 28.1 Å². The number of fused-ring (bicyclic) bond motifs is 2. The number of carbonyl (C=O) groups is 2.